The molecule has 1 aromatic rings. The van der Waals surface area contributed by atoms with E-state index in [1.165, 1.54) is 18.5 Å². The van der Waals surface area contributed by atoms with Crippen LogP contribution >= 0.6 is 8.07 Å². The number of anilines is 1. The zero-order chi connectivity index (χ0) is 20.0. The first kappa shape index (κ1) is 34.8. The number of allylic oxidation sites excluding steroid dienone is 2. The van der Waals surface area contributed by atoms with E-state index in [-0.39, 0.29) is 29.1 Å². The third-order valence-electron chi connectivity index (χ3n) is 2.51. The van der Waals surface area contributed by atoms with Crippen LogP contribution in [-0.2, 0) is 44.3 Å². The van der Waals surface area contributed by atoms with Crippen molar-refractivity contribution in [3.8, 4) is 0 Å². The van der Waals surface area contributed by atoms with Gasteiger partial charge in [-0.15, -0.1) is 0 Å². The Kier molecular flexibility index (Phi) is 42.4. The van der Waals surface area contributed by atoms with Crippen LogP contribution in [0, 0.1) is 33.3 Å². The van der Waals surface area contributed by atoms with Gasteiger partial charge in [0.05, 0.1) is 0 Å². The Balaban J connectivity index is -0.000000105. The summed E-state index contributed by atoms with van der Waals surface area (Å²) < 4.78 is 37.5. The molecule has 0 radical (unpaired) electrons. The molecule has 0 aliphatic carbocycles. The minimum Gasteiger partial charge on any atom is 0 e. The number of rotatable bonds is 4. The summed E-state index contributed by atoms with van der Waals surface area (Å²) >= 11 is 0. The fraction of sp³-hybridized carbons (Fsp3) is 0.235. The summed E-state index contributed by atoms with van der Waals surface area (Å²) in [6, 6.07) is 10.5. The van der Waals surface area contributed by atoms with Gasteiger partial charge < -0.3 is 5.09 Å². The SMILES string of the molecule is CCC1=C(CC)P1Nc1ccccc1.[C-]#[O+].[C-]#[O+].[C-]#[O+].[C-]#[O+].[C-]#[O+].[W]. The molecule has 0 spiro atoms. The van der Waals surface area contributed by atoms with Crippen LogP contribution in [0.2, 0.25) is 0 Å². The van der Waals surface area contributed by atoms with Crippen LogP contribution in [0.5, 0.6) is 0 Å². The first-order valence-corrected chi connectivity index (χ1v) is 7.57. The van der Waals surface area contributed by atoms with Gasteiger partial charge in [0.1, 0.15) is 0 Å². The van der Waals surface area contributed by atoms with Crippen LogP contribution < -0.4 is 5.09 Å². The van der Waals surface area contributed by atoms with Gasteiger partial charge in [-0.05, 0) is 35.6 Å². The molecule has 1 N–H and O–H groups in total. The number of benzene rings is 1. The van der Waals surface area contributed by atoms with Crippen molar-refractivity contribution in [1.82, 2.24) is 0 Å². The van der Waals surface area contributed by atoms with Crippen LogP contribution in [0.3, 0.4) is 0 Å². The van der Waals surface area contributed by atoms with E-state index >= 15 is 0 Å². The summed E-state index contributed by atoms with van der Waals surface area (Å²) in [5, 5.41) is 6.95. The molecular weight excluding hydrogens is 513 g/mol. The summed E-state index contributed by atoms with van der Waals surface area (Å²) in [4.78, 5) is 0. The van der Waals surface area contributed by atoms with Crippen LogP contribution in [0.15, 0.2) is 41.0 Å². The van der Waals surface area contributed by atoms with Gasteiger partial charge in [0.25, 0.3) is 0 Å². The summed E-state index contributed by atoms with van der Waals surface area (Å²) in [6.07, 6.45) is 2.43. The molecule has 130 valence electrons. The third kappa shape index (κ3) is 15.8. The molecule has 0 unspecified atom stereocenters. The minimum atomic E-state index is -0.0705. The first-order chi connectivity index (χ1) is 11.9. The normalized spacial score (nSPS) is 9.28. The van der Waals surface area contributed by atoms with E-state index in [2.05, 4.69) is 82.5 Å². The second-order valence-corrected chi connectivity index (χ2v) is 5.39. The number of hydrogen-bond acceptors (Lipinski definition) is 1. The van der Waals surface area contributed by atoms with Crippen molar-refractivity contribution in [3.05, 3.63) is 74.2 Å². The van der Waals surface area contributed by atoms with Gasteiger partial charge in [0.2, 0.25) is 0 Å². The molecule has 1 aliphatic rings. The van der Waals surface area contributed by atoms with Crippen LogP contribution in [0.25, 0.3) is 0 Å². The van der Waals surface area contributed by atoms with Gasteiger partial charge in [-0.2, -0.15) is 0 Å². The smallest absolute Gasteiger partial charge is 0 e. The Hall–Kier alpha value is -1.42. The van der Waals surface area contributed by atoms with Crippen molar-refractivity contribution >= 4 is 13.8 Å². The van der Waals surface area contributed by atoms with Gasteiger partial charge in [-0.3, -0.25) is 0 Å². The van der Waals surface area contributed by atoms with Crippen molar-refractivity contribution in [2.24, 2.45) is 0 Å². The Morgan fingerprint density at radius 2 is 1.04 bits per heavy atom. The molecule has 25 heavy (non-hydrogen) atoms. The molecule has 6 nitrogen and oxygen atoms in total. The maximum Gasteiger partial charge on any atom is 0 e. The molecule has 0 bridgehead atoms. The van der Waals surface area contributed by atoms with Crippen LogP contribution in [-0.4, -0.2) is 0 Å². The predicted molar refractivity (Wildman–Crippen MR) is 84.2 cm³/mol. The number of hydrogen-bond donors (Lipinski definition) is 1. The van der Waals surface area contributed by atoms with Gasteiger partial charge in [0.15, 0.2) is 0 Å². The largest absolute Gasteiger partial charge is 0 e. The quantitative estimate of drug-likeness (QED) is 0.349. The van der Waals surface area contributed by atoms with E-state index in [4.69, 9.17) is 23.3 Å². The first-order valence-electron chi connectivity index (χ1n) is 6.22. The van der Waals surface area contributed by atoms with Gasteiger partial charge in [-0.1, -0.05) is 32.0 Å². The predicted octanol–water partition coefficient (Wildman–Crippen LogP) is 4.35. The summed E-state index contributed by atoms with van der Waals surface area (Å²) in [5.41, 5.74) is 1.26. The van der Waals surface area contributed by atoms with E-state index < -0.39 is 0 Å². The molecule has 1 heterocycles. The minimum absolute atomic E-state index is 0. The Morgan fingerprint density at radius 3 is 1.32 bits per heavy atom. The fourth-order valence-corrected chi connectivity index (χ4v) is 3.99. The summed E-state index contributed by atoms with van der Waals surface area (Å²) in [7, 11) is -0.0705. The van der Waals surface area contributed by atoms with E-state index in [1.807, 2.05) is 0 Å². The summed E-state index contributed by atoms with van der Waals surface area (Å²) in [6.45, 7) is 27.0. The molecule has 0 aromatic heterocycles. The molecule has 0 atom stereocenters. The van der Waals surface area contributed by atoms with Crippen molar-refractivity contribution in [3.63, 3.8) is 0 Å². The van der Waals surface area contributed by atoms with Crippen molar-refractivity contribution < 1.29 is 44.3 Å². The molecule has 1 aliphatic heterocycles. The number of para-hydroxylation sites is 1. The monoisotopic (exact) mass is 529 g/mol. The molecule has 8 heteroatoms. The second kappa shape index (κ2) is 30.5. The topological polar surface area (TPSA) is 112 Å². The Labute approximate surface area is 164 Å². The van der Waals surface area contributed by atoms with Gasteiger partial charge in [0, 0.05) is 34.8 Å². The molecule has 1 aromatic carbocycles. The molecule has 0 saturated heterocycles. The Morgan fingerprint density at radius 1 is 0.720 bits per heavy atom. The average Bonchev–Trinajstić information content (AvgIpc) is 3.41. The number of nitrogens with one attached hydrogen (secondary N) is 1. The van der Waals surface area contributed by atoms with E-state index in [0.717, 1.165) is 0 Å². The maximum absolute atomic E-state index is 7.50. The van der Waals surface area contributed by atoms with E-state index in [9.17, 15) is 0 Å². The van der Waals surface area contributed by atoms with Gasteiger partial charge in [-0.25, -0.2) is 0 Å². The summed E-state index contributed by atoms with van der Waals surface area (Å²) in [5.74, 6) is 0. The third-order valence-corrected chi connectivity index (χ3v) is 5.02. The van der Waals surface area contributed by atoms with E-state index in [1.54, 1.807) is 10.6 Å². The molecular formula is C17H16NO5PW. The zero-order valence-corrected chi connectivity index (χ0v) is 17.5. The standard InChI is InChI=1S/C12H16NP.5CO.W/c1-3-11-12(4-2)14(11)13-10-8-6-5-7-9-10;5*1-2;/h5-9,13H,3-4H2,1-2H3;;;;;;. The zero-order valence-electron chi connectivity index (χ0n) is 13.7. The molecule has 2 rings (SSSR count). The molecule has 0 fully saturated rings. The Bertz CT molecular complexity index is 501. The van der Waals surface area contributed by atoms with Crippen LogP contribution in [0.1, 0.15) is 26.7 Å². The molecule has 0 saturated carbocycles. The average molecular weight is 529 g/mol. The van der Waals surface area contributed by atoms with Crippen molar-refractivity contribution in [1.29, 1.82) is 0 Å². The van der Waals surface area contributed by atoms with Crippen molar-refractivity contribution in [2.45, 2.75) is 26.7 Å². The fourth-order valence-electron chi connectivity index (χ4n) is 1.74. The van der Waals surface area contributed by atoms with E-state index in [0.29, 0.717) is 0 Å². The van der Waals surface area contributed by atoms with Gasteiger partial charge >= 0.3 is 56.5 Å². The van der Waals surface area contributed by atoms with Crippen molar-refractivity contribution in [2.75, 3.05) is 5.09 Å². The molecule has 0 amide bonds. The second-order valence-electron chi connectivity index (χ2n) is 3.41. The van der Waals surface area contributed by atoms with Crippen LogP contribution in [0.4, 0.5) is 5.69 Å². The maximum atomic E-state index is 7.50.